The van der Waals surface area contributed by atoms with Gasteiger partial charge in [0, 0.05) is 24.8 Å². The molecule has 0 unspecified atom stereocenters. The fraction of sp³-hybridized carbons (Fsp3) is 0.105. The SMILES string of the molecule is CN1Cc2cc(C(=O)/C=C/c3ccc(C#N)cc3)ccc2NC1=O. The first-order valence-corrected chi connectivity index (χ1v) is 7.44. The number of nitrogens with zero attached hydrogens (tertiary/aromatic N) is 2. The van der Waals surface area contributed by atoms with Gasteiger partial charge >= 0.3 is 6.03 Å². The maximum atomic E-state index is 12.3. The van der Waals surface area contributed by atoms with Gasteiger partial charge in [-0.2, -0.15) is 5.26 Å². The number of fused-ring (bicyclic) bond motifs is 1. The lowest BCUT2D eigenvalue weighted by molar-refractivity contribution is 0.104. The van der Waals surface area contributed by atoms with E-state index < -0.39 is 0 Å². The molecule has 1 N–H and O–H groups in total. The smallest absolute Gasteiger partial charge is 0.321 e. The molecule has 0 saturated heterocycles. The van der Waals surface area contributed by atoms with Gasteiger partial charge in [-0.15, -0.1) is 0 Å². The zero-order valence-corrected chi connectivity index (χ0v) is 13.1. The average Bonchev–Trinajstić information content (AvgIpc) is 2.60. The summed E-state index contributed by atoms with van der Waals surface area (Å²) in [5.74, 6) is -0.110. The topological polar surface area (TPSA) is 73.2 Å². The van der Waals surface area contributed by atoms with Gasteiger partial charge in [0.1, 0.15) is 0 Å². The van der Waals surface area contributed by atoms with Crippen LogP contribution in [-0.2, 0) is 6.54 Å². The van der Waals surface area contributed by atoms with Gasteiger partial charge in [-0.05, 0) is 47.5 Å². The maximum absolute atomic E-state index is 12.3. The Balaban J connectivity index is 1.78. The maximum Gasteiger partial charge on any atom is 0.321 e. The van der Waals surface area contributed by atoms with Crippen molar-refractivity contribution in [3.8, 4) is 6.07 Å². The highest BCUT2D eigenvalue weighted by atomic mass is 16.2. The fourth-order valence-electron chi connectivity index (χ4n) is 2.47. The molecular formula is C19H15N3O2. The number of nitriles is 1. The number of benzene rings is 2. The fourth-order valence-corrected chi connectivity index (χ4v) is 2.47. The van der Waals surface area contributed by atoms with E-state index in [1.54, 1.807) is 60.5 Å². The van der Waals surface area contributed by atoms with Crippen LogP contribution in [0.3, 0.4) is 0 Å². The summed E-state index contributed by atoms with van der Waals surface area (Å²) in [6.07, 6.45) is 3.23. The highest BCUT2D eigenvalue weighted by Crippen LogP contribution is 2.24. The van der Waals surface area contributed by atoms with Gasteiger partial charge in [-0.25, -0.2) is 4.79 Å². The van der Waals surface area contributed by atoms with Crippen molar-refractivity contribution in [2.24, 2.45) is 0 Å². The van der Waals surface area contributed by atoms with Gasteiger partial charge in [0.2, 0.25) is 0 Å². The second-order valence-corrected chi connectivity index (χ2v) is 5.59. The van der Waals surface area contributed by atoms with E-state index in [-0.39, 0.29) is 11.8 Å². The number of nitrogens with one attached hydrogen (secondary N) is 1. The number of amides is 2. The predicted octanol–water partition coefficient (Wildman–Crippen LogP) is 3.43. The molecule has 118 valence electrons. The van der Waals surface area contributed by atoms with Crippen LogP contribution in [0, 0.1) is 11.3 Å². The zero-order chi connectivity index (χ0) is 17.1. The van der Waals surface area contributed by atoms with Crippen LogP contribution >= 0.6 is 0 Å². The largest absolute Gasteiger partial charge is 0.323 e. The monoisotopic (exact) mass is 317 g/mol. The molecule has 0 saturated carbocycles. The second kappa shape index (κ2) is 6.39. The van der Waals surface area contributed by atoms with Crippen LogP contribution in [0.1, 0.15) is 27.0 Å². The van der Waals surface area contributed by atoms with Crippen molar-refractivity contribution in [1.29, 1.82) is 5.26 Å². The van der Waals surface area contributed by atoms with Crippen molar-refractivity contribution in [1.82, 2.24) is 4.90 Å². The number of hydrogen-bond donors (Lipinski definition) is 1. The molecule has 0 spiro atoms. The summed E-state index contributed by atoms with van der Waals surface area (Å²) in [4.78, 5) is 25.5. The molecule has 0 aromatic heterocycles. The molecule has 0 aliphatic carbocycles. The molecule has 0 fully saturated rings. The van der Waals surface area contributed by atoms with Crippen molar-refractivity contribution in [2.75, 3.05) is 12.4 Å². The number of allylic oxidation sites excluding steroid dienone is 1. The van der Waals surface area contributed by atoms with E-state index in [9.17, 15) is 9.59 Å². The van der Waals surface area contributed by atoms with Crippen molar-refractivity contribution >= 4 is 23.6 Å². The van der Waals surface area contributed by atoms with Crippen LogP contribution in [0.4, 0.5) is 10.5 Å². The van der Waals surface area contributed by atoms with Crippen LogP contribution < -0.4 is 5.32 Å². The number of carbonyl (C=O) groups excluding carboxylic acids is 2. The molecule has 1 heterocycles. The van der Waals surface area contributed by atoms with Gasteiger partial charge in [0.15, 0.2) is 5.78 Å². The molecule has 5 nitrogen and oxygen atoms in total. The normalized spacial score (nSPS) is 13.3. The number of carbonyl (C=O) groups is 2. The third-order valence-electron chi connectivity index (χ3n) is 3.85. The van der Waals surface area contributed by atoms with E-state index in [0.717, 1.165) is 16.8 Å². The third kappa shape index (κ3) is 3.18. The molecule has 2 aromatic rings. The first-order valence-electron chi connectivity index (χ1n) is 7.44. The van der Waals surface area contributed by atoms with Crippen LogP contribution in [0.2, 0.25) is 0 Å². The summed E-state index contributed by atoms with van der Waals surface area (Å²) in [5, 5.41) is 11.6. The Morgan fingerprint density at radius 3 is 2.71 bits per heavy atom. The first-order chi connectivity index (χ1) is 11.6. The quantitative estimate of drug-likeness (QED) is 0.696. The summed E-state index contributed by atoms with van der Waals surface area (Å²) < 4.78 is 0. The Kier molecular flexibility index (Phi) is 4.13. The molecule has 3 rings (SSSR count). The molecule has 0 radical (unpaired) electrons. The Morgan fingerprint density at radius 2 is 2.00 bits per heavy atom. The lowest BCUT2D eigenvalue weighted by Crippen LogP contribution is -2.35. The Bertz CT molecular complexity index is 876. The van der Waals surface area contributed by atoms with Gasteiger partial charge in [0.25, 0.3) is 0 Å². The predicted molar refractivity (Wildman–Crippen MR) is 91.4 cm³/mol. The first kappa shape index (κ1) is 15.5. The Hall–Kier alpha value is -3.39. The summed E-state index contributed by atoms with van der Waals surface area (Å²) in [6, 6.07) is 14.2. The summed E-state index contributed by atoms with van der Waals surface area (Å²) in [6.45, 7) is 0.474. The van der Waals surface area contributed by atoms with Gasteiger partial charge in [0.05, 0.1) is 11.6 Å². The van der Waals surface area contributed by atoms with E-state index in [4.69, 9.17) is 5.26 Å². The molecule has 5 heteroatoms. The number of ketones is 1. The summed E-state index contributed by atoms with van der Waals surface area (Å²) in [5.41, 5.74) is 3.66. The molecule has 0 bridgehead atoms. The number of urea groups is 1. The minimum absolute atomic E-state index is 0.110. The average molecular weight is 317 g/mol. The lowest BCUT2D eigenvalue weighted by atomic mass is 10.0. The third-order valence-corrected chi connectivity index (χ3v) is 3.85. The highest BCUT2D eigenvalue weighted by molar-refractivity contribution is 6.07. The van der Waals surface area contributed by atoms with E-state index in [2.05, 4.69) is 11.4 Å². The van der Waals surface area contributed by atoms with Gasteiger partial charge in [-0.1, -0.05) is 18.2 Å². The molecule has 24 heavy (non-hydrogen) atoms. The summed E-state index contributed by atoms with van der Waals surface area (Å²) >= 11 is 0. The van der Waals surface area contributed by atoms with Crippen LogP contribution in [0.5, 0.6) is 0 Å². The van der Waals surface area contributed by atoms with Crippen molar-refractivity contribution < 1.29 is 9.59 Å². The Labute approximate surface area is 139 Å². The Morgan fingerprint density at radius 1 is 1.25 bits per heavy atom. The van der Waals surface area contributed by atoms with Crippen LogP contribution in [-0.4, -0.2) is 23.8 Å². The van der Waals surface area contributed by atoms with Crippen LogP contribution in [0.25, 0.3) is 6.08 Å². The number of anilines is 1. The second-order valence-electron chi connectivity index (χ2n) is 5.59. The molecule has 0 atom stereocenters. The van der Waals surface area contributed by atoms with Gasteiger partial charge < -0.3 is 10.2 Å². The molecule has 1 aliphatic rings. The molecular weight excluding hydrogens is 302 g/mol. The molecule has 2 amide bonds. The zero-order valence-electron chi connectivity index (χ0n) is 13.1. The van der Waals surface area contributed by atoms with Crippen molar-refractivity contribution in [3.05, 3.63) is 70.8 Å². The minimum atomic E-state index is -0.151. The van der Waals surface area contributed by atoms with Gasteiger partial charge in [-0.3, -0.25) is 4.79 Å². The van der Waals surface area contributed by atoms with Crippen molar-refractivity contribution in [2.45, 2.75) is 6.54 Å². The van der Waals surface area contributed by atoms with E-state index in [0.29, 0.717) is 17.7 Å². The summed E-state index contributed by atoms with van der Waals surface area (Å²) in [7, 11) is 1.71. The van der Waals surface area contributed by atoms with Crippen molar-refractivity contribution in [3.63, 3.8) is 0 Å². The number of rotatable bonds is 3. The van der Waals surface area contributed by atoms with E-state index in [1.165, 1.54) is 6.08 Å². The number of hydrogen-bond acceptors (Lipinski definition) is 3. The standard InChI is InChI=1S/C19H15N3O2/c1-22-12-16-10-15(7-8-17(16)21-19(22)24)18(23)9-6-13-2-4-14(11-20)5-3-13/h2-10H,12H2,1H3,(H,21,24)/b9-6+. The van der Waals surface area contributed by atoms with Crippen LogP contribution in [0.15, 0.2) is 48.5 Å². The molecule has 2 aromatic carbocycles. The lowest BCUT2D eigenvalue weighted by Gasteiger charge is -2.26. The van der Waals surface area contributed by atoms with E-state index in [1.807, 2.05) is 0 Å². The minimum Gasteiger partial charge on any atom is -0.323 e. The molecule has 1 aliphatic heterocycles. The highest BCUT2D eigenvalue weighted by Gasteiger charge is 2.19. The van der Waals surface area contributed by atoms with E-state index >= 15 is 0 Å².